The molecule has 0 aliphatic rings. The van der Waals surface area contributed by atoms with Crippen molar-refractivity contribution in [3.63, 3.8) is 0 Å². The first-order chi connectivity index (χ1) is 11.0. The molecule has 0 bridgehead atoms. The predicted octanol–water partition coefficient (Wildman–Crippen LogP) is 3.72. The highest BCUT2D eigenvalue weighted by atomic mass is 32.1. The zero-order chi connectivity index (χ0) is 17.0. The number of ether oxygens (including phenoxy) is 1. The van der Waals surface area contributed by atoms with Gasteiger partial charge in [-0.05, 0) is 45.9 Å². The summed E-state index contributed by atoms with van der Waals surface area (Å²) in [5.74, 6) is -0.318. The van der Waals surface area contributed by atoms with Gasteiger partial charge < -0.3 is 15.4 Å². The molecule has 23 heavy (non-hydrogen) atoms. The first kappa shape index (κ1) is 17.3. The maximum Gasteiger partial charge on any atom is 0.350 e. The molecule has 0 radical (unpaired) electrons. The molecule has 2 N–H and O–H groups in total. The summed E-state index contributed by atoms with van der Waals surface area (Å²) in [6, 6.07) is 5.93. The second-order valence-electron chi connectivity index (χ2n) is 5.10. The molecule has 0 amide bonds. The smallest absolute Gasteiger partial charge is 0.350 e. The van der Waals surface area contributed by atoms with Gasteiger partial charge in [-0.3, -0.25) is 0 Å². The lowest BCUT2D eigenvalue weighted by Gasteiger charge is -2.23. The van der Waals surface area contributed by atoms with Crippen LogP contribution in [0.5, 0.6) is 0 Å². The number of aryl methyl sites for hydroxylation is 1. The third-order valence-electron chi connectivity index (χ3n) is 3.64. The Labute approximate surface area is 141 Å². The minimum absolute atomic E-state index is 0.318. The summed E-state index contributed by atoms with van der Waals surface area (Å²) in [7, 11) is 0. The highest BCUT2D eigenvalue weighted by Gasteiger charge is 2.18. The van der Waals surface area contributed by atoms with E-state index in [1.54, 1.807) is 6.92 Å². The van der Waals surface area contributed by atoms with Crippen molar-refractivity contribution in [1.29, 1.82) is 0 Å². The lowest BCUT2D eigenvalue weighted by atomic mass is 10.1. The molecule has 0 aliphatic carbocycles. The number of nitrogens with zero attached hydrogens (tertiary/aromatic N) is 2. The zero-order valence-electron chi connectivity index (χ0n) is 14.0. The van der Waals surface area contributed by atoms with E-state index in [0.717, 1.165) is 35.0 Å². The van der Waals surface area contributed by atoms with Crippen LogP contribution in [0.15, 0.2) is 18.2 Å². The fraction of sp³-hybridized carbons (Fsp3) is 0.412. The number of hydrogen-bond acceptors (Lipinski definition) is 6. The Hall–Kier alpha value is -2.08. The Kier molecular flexibility index (Phi) is 5.60. The Balaban J connectivity index is 2.34. The number of benzene rings is 1. The van der Waals surface area contributed by atoms with E-state index < -0.39 is 0 Å². The van der Waals surface area contributed by atoms with Crippen molar-refractivity contribution in [3.05, 3.63) is 28.8 Å². The van der Waals surface area contributed by atoms with Crippen LogP contribution in [0.4, 0.5) is 11.4 Å². The second kappa shape index (κ2) is 7.46. The van der Waals surface area contributed by atoms with Crippen molar-refractivity contribution >= 4 is 28.7 Å². The molecule has 2 rings (SSSR count). The van der Waals surface area contributed by atoms with Crippen LogP contribution >= 0.6 is 11.3 Å². The molecular weight excluding hydrogens is 310 g/mol. The topological polar surface area (TPSA) is 68.5 Å². The van der Waals surface area contributed by atoms with Gasteiger partial charge in [0.15, 0.2) is 0 Å². The molecule has 0 atom stereocenters. The van der Waals surface area contributed by atoms with Crippen molar-refractivity contribution in [2.24, 2.45) is 0 Å². The number of carbonyl (C=O) groups is 1. The third kappa shape index (κ3) is 3.64. The quantitative estimate of drug-likeness (QED) is 0.644. The number of aromatic nitrogens is 1. The van der Waals surface area contributed by atoms with Gasteiger partial charge in [0.2, 0.25) is 0 Å². The van der Waals surface area contributed by atoms with Crippen LogP contribution in [0.2, 0.25) is 0 Å². The molecule has 0 unspecified atom stereocenters. The van der Waals surface area contributed by atoms with Crippen LogP contribution in [0.25, 0.3) is 10.6 Å². The highest BCUT2D eigenvalue weighted by Crippen LogP contribution is 2.33. The van der Waals surface area contributed by atoms with Crippen LogP contribution in [-0.4, -0.2) is 30.6 Å². The standard InChI is InChI=1S/C17H23N3O2S/c1-5-20(6-2)14-9-8-12(10-13(14)18)16-19-11(4)15(23-16)17(21)22-7-3/h8-10H,5-7,18H2,1-4H3. The maximum atomic E-state index is 11.9. The molecule has 0 saturated heterocycles. The van der Waals surface area contributed by atoms with Crippen molar-refractivity contribution in [2.45, 2.75) is 27.7 Å². The highest BCUT2D eigenvalue weighted by molar-refractivity contribution is 7.17. The monoisotopic (exact) mass is 333 g/mol. The Bertz CT molecular complexity index is 693. The van der Waals surface area contributed by atoms with Gasteiger partial charge in [0.25, 0.3) is 0 Å². The Morgan fingerprint density at radius 2 is 2.00 bits per heavy atom. The summed E-state index contributed by atoms with van der Waals surface area (Å²) < 4.78 is 5.06. The van der Waals surface area contributed by atoms with E-state index in [2.05, 4.69) is 23.7 Å². The average Bonchev–Trinajstić information content (AvgIpc) is 2.92. The number of nitrogens with two attached hydrogens (primary N) is 1. The van der Waals surface area contributed by atoms with Gasteiger partial charge in [-0.1, -0.05) is 0 Å². The van der Waals surface area contributed by atoms with Gasteiger partial charge in [0.05, 0.1) is 23.7 Å². The van der Waals surface area contributed by atoms with Gasteiger partial charge in [0.1, 0.15) is 9.88 Å². The number of carbonyl (C=O) groups excluding carboxylic acids is 1. The lowest BCUT2D eigenvalue weighted by molar-refractivity contribution is 0.0531. The number of thiazole rings is 1. The molecule has 1 aromatic heterocycles. The van der Waals surface area contributed by atoms with Crippen molar-refractivity contribution < 1.29 is 9.53 Å². The molecule has 0 saturated carbocycles. The van der Waals surface area contributed by atoms with E-state index in [0.29, 0.717) is 17.2 Å². The molecule has 1 aromatic carbocycles. The van der Waals surface area contributed by atoms with Crippen LogP contribution in [0.3, 0.4) is 0 Å². The molecule has 6 heteroatoms. The van der Waals surface area contributed by atoms with E-state index >= 15 is 0 Å². The largest absolute Gasteiger partial charge is 0.462 e. The van der Waals surface area contributed by atoms with Gasteiger partial charge in [0, 0.05) is 18.7 Å². The Morgan fingerprint density at radius 3 is 2.57 bits per heavy atom. The summed E-state index contributed by atoms with van der Waals surface area (Å²) in [4.78, 5) is 19.2. The van der Waals surface area contributed by atoms with Crippen molar-refractivity contribution in [2.75, 3.05) is 30.3 Å². The SMILES string of the molecule is CCOC(=O)c1sc(-c2ccc(N(CC)CC)c(N)c2)nc1C. The summed E-state index contributed by atoms with van der Waals surface area (Å²) in [5.41, 5.74) is 9.56. The summed E-state index contributed by atoms with van der Waals surface area (Å²) in [6.45, 7) is 9.99. The van der Waals surface area contributed by atoms with E-state index in [1.807, 2.05) is 25.1 Å². The fourth-order valence-corrected chi connectivity index (χ4v) is 3.40. The molecule has 2 aromatic rings. The summed E-state index contributed by atoms with van der Waals surface area (Å²) in [6.07, 6.45) is 0. The summed E-state index contributed by atoms with van der Waals surface area (Å²) >= 11 is 1.34. The van der Waals surface area contributed by atoms with E-state index in [4.69, 9.17) is 10.5 Å². The van der Waals surface area contributed by atoms with Gasteiger partial charge >= 0.3 is 5.97 Å². The lowest BCUT2D eigenvalue weighted by Crippen LogP contribution is -2.22. The summed E-state index contributed by atoms with van der Waals surface area (Å²) in [5, 5.41) is 0.781. The van der Waals surface area contributed by atoms with Gasteiger partial charge in [-0.15, -0.1) is 11.3 Å². The molecule has 124 valence electrons. The average molecular weight is 333 g/mol. The van der Waals surface area contributed by atoms with Crippen LogP contribution in [0.1, 0.15) is 36.1 Å². The van der Waals surface area contributed by atoms with Gasteiger partial charge in [-0.2, -0.15) is 0 Å². The number of rotatable bonds is 6. The van der Waals surface area contributed by atoms with E-state index in [-0.39, 0.29) is 5.97 Å². The Morgan fingerprint density at radius 1 is 1.30 bits per heavy atom. The molecular formula is C17H23N3O2S. The molecule has 0 spiro atoms. The molecule has 0 fully saturated rings. The van der Waals surface area contributed by atoms with Gasteiger partial charge in [-0.25, -0.2) is 9.78 Å². The number of hydrogen-bond donors (Lipinski definition) is 1. The van der Waals surface area contributed by atoms with Crippen LogP contribution in [0, 0.1) is 6.92 Å². The molecule has 0 aliphatic heterocycles. The minimum atomic E-state index is -0.318. The first-order valence-electron chi connectivity index (χ1n) is 7.81. The minimum Gasteiger partial charge on any atom is -0.462 e. The van der Waals surface area contributed by atoms with Crippen molar-refractivity contribution in [3.8, 4) is 10.6 Å². The number of anilines is 2. The second-order valence-corrected chi connectivity index (χ2v) is 6.10. The van der Waals surface area contributed by atoms with E-state index in [9.17, 15) is 4.79 Å². The third-order valence-corrected chi connectivity index (χ3v) is 4.82. The van der Waals surface area contributed by atoms with Crippen molar-refractivity contribution in [1.82, 2.24) is 4.98 Å². The van der Waals surface area contributed by atoms with Crippen LogP contribution < -0.4 is 10.6 Å². The fourth-order valence-electron chi connectivity index (χ4n) is 2.45. The molecule has 5 nitrogen and oxygen atoms in total. The first-order valence-corrected chi connectivity index (χ1v) is 8.62. The maximum absolute atomic E-state index is 11.9. The molecule has 1 heterocycles. The zero-order valence-corrected chi connectivity index (χ0v) is 14.9. The van der Waals surface area contributed by atoms with Crippen LogP contribution in [-0.2, 0) is 4.74 Å². The van der Waals surface area contributed by atoms with E-state index in [1.165, 1.54) is 11.3 Å². The number of esters is 1. The number of nitrogen functional groups attached to an aromatic ring is 1. The predicted molar refractivity (Wildman–Crippen MR) is 96.2 cm³/mol. The normalized spacial score (nSPS) is 10.6.